The first-order valence-electron chi connectivity index (χ1n) is 8.54. The van der Waals surface area contributed by atoms with Crippen molar-refractivity contribution in [2.45, 2.75) is 26.2 Å². The summed E-state index contributed by atoms with van der Waals surface area (Å²) in [5.74, 6) is 0. The number of benzene rings is 2. The summed E-state index contributed by atoms with van der Waals surface area (Å²) in [5.41, 5.74) is 1.74. The smallest absolute Gasteiger partial charge is 0.0771 e. The van der Waals surface area contributed by atoms with E-state index in [1.54, 1.807) is 0 Å². The molecule has 0 spiro atoms. The molecule has 4 rings (SSSR count). The molecule has 3 heteroatoms. The minimum Gasteiger partial charge on any atom is -0.358 e. The molecule has 0 amide bonds. The molecule has 0 nitrogen and oxygen atoms in total. The molecule has 0 heterocycles. The van der Waals surface area contributed by atoms with Gasteiger partial charge >= 0.3 is 40.1 Å². The third kappa shape index (κ3) is 8.16. The van der Waals surface area contributed by atoms with Gasteiger partial charge in [-0.2, -0.15) is 23.8 Å². The van der Waals surface area contributed by atoms with Gasteiger partial charge in [0.15, 0.2) is 0 Å². The zero-order valence-electron chi connectivity index (χ0n) is 17.5. The van der Waals surface area contributed by atoms with Crippen LogP contribution in [0.25, 0.3) is 21.5 Å². The molecule has 0 saturated carbocycles. The second-order valence-electron chi connectivity index (χ2n) is 7.08. The van der Waals surface area contributed by atoms with Gasteiger partial charge in [-0.25, -0.2) is 6.07 Å². The van der Waals surface area contributed by atoms with E-state index < -0.39 is 18.9 Å². The maximum Gasteiger partial charge on any atom is -0.0771 e. The van der Waals surface area contributed by atoms with Gasteiger partial charge in [0, 0.05) is 0 Å². The molecule has 0 aliphatic rings. The average molecular weight is 493 g/mol. The fourth-order valence-corrected chi connectivity index (χ4v) is 2.78. The van der Waals surface area contributed by atoms with Crippen molar-refractivity contribution in [3.63, 3.8) is 0 Å². The number of hydrogen-bond acceptors (Lipinski definition) is 0. The van der Waals surface area contributed by atoms with Crippen molar-refractivity contribution in [2.75, 3.05) is 0 Å². The van der Waals surface area contributed by atoms with Gasteiger partial charge in [-0.1, -0.05) is 62.6 Å². The van der Waals surface area contributed by atoms with Crippen LogP contribution in [0, 0.1) is 14.9 Å². The van der Waals surface area contributed by atoms with Crippen molar-refractivity contribution in [3.8, 4) is 0 Å². The van der Waals surface area contributed by atoms with Crippen LogP contribution in [0.1, 0.15) is 26.3 Å². The van der Waals surface area contributed by atoms with Crippen molar-refractivity contribution in [1.29, 1.82) is 0 Å². The SMILES string of the molecule is CC(C)(C)c1cc[cH-]c1.[CH2]=[Zr]([Cl])[Cl].[CH3-].[CH3-].c1ccc2c(c1)[cH-]c1ccccc12. The van der Waals surface area contributed by atoms with Gasteiger partial charge in [-0.15, -0.1) is 39.7 Å². The normalized spacial score (nSPS) is 9.89. The molecule has 152 valence electrons. The monoisotopic (exact) mass is 490 g/mol. The Morgan fingerprint density at radius 2 is 1.25 bits per heavy atom. The summed E-state index contributed by atoms with van der Waals surface area (Å²) in [5, 5.41) is 5.39. The van der Waals surface area contributed by atoms with Crippen LogP contribution in [0.4, 0.5) is 0 Å². The van der Waals surface area contributed by atoms with Crippen LogP contribution in [-0.4, -0.2) is 4.21 Å². The van der Waals surface area contributed by atoms with Crippen molar-refractivity contribution in [2.24, 2.45) is 0 Å². The topological polar surface area (TPSA) is 0 Å². The van der Waals surface area contributed by atoms with Crippen LogP contribution < -0.4 is 0 Å². The molecule has 0 fully saturated rings. The Morgan fingerprint density at radius 1 is 0.821 bits per heavy atom. The Kier molecular flexibility index (Phi) is 12.1. The molecule has 0 N–H and O–H groups in total. The summed E-state index contributed by atoms with van der Waals surface area (Å²) in [6, 6.07) is 27.8. The zero-order valence-corrected chi connectivity index (χ0v) is 21.4. The molecule has 0 aromatic heterocycles. The van der Waals surface area contributed by atoms with Gasteiger partial charge in [-0.05, 0) is 0 Å². The molecular weight excluding hydrogens is 462 g/mol. The number of hydrogen-bond donors (Lipinski definition) is 0. The molecule has 4 aromatic rings. The Hall–Kier alpha value is -1.01. The first kappa shape index (κ1) is 27.0. The minimum absolute atomic E-state index is 0. The Labute approximate surface area is 186 Å². The molecule has 0 atom stereocenters. The summed E-state index contributed by atoms with van der Waals surface area (Å²) in [4.78, 5) is 0. The Morgan fingerprint density at radius 3 is 1.57 bits per heavy atom. The van der Waals surface area contributed by atoms with E-state index in [9.17, 15) is 0 Å². The van der Waals surface area contributed by atoms with Crippen molar-refractivity contribution < 1.29 is 18.9 Å². The van der Waals surface area contributed by atoms with Crippen LogP contribution in [0.5, 0.6) is 0 Å². The van der Waals surface area contributed by atoms with Gasteiger partial charge in [0.05, 0.1) is 0 Å². The Bertz CT molecular complexity index is 903. The molecule has 0 unspecified atom stereocenters. The summed E-state index contributed by atoms with van der Waals surface area (Å²) in [6.07, 6.45) is 0. The molecule has 0 bridgehead atoms. The van der Waals surface area contributed by atoms with Crippen LogP contribution in [0.3, 0.4) is 0 Å². The maximum atomic E-state index is 5.13. The minimum atomic E-state index is -1.85. The second kappa shape index (κ2) is 12.5. The largest absolute Gasteiger partial charge is 0.358 e. The first-order chi connectivity index (χ1) is 12.3. The Balaban J connectivity index is 0.000000432. The van der Waals surface area contributed by atoms with E-state index in [4.69, 9.17) is 17.0 Å². The maximum absolute atomic E-state index is 5.13. The predicted molar refractivity (Wildman–Crippen MR) is 129 cm³/mol. The van der Waals surface area contributed by atoms with Gasteiger partial charge < -0.3 is 14.9 Å². The average Bonchev–Trinajstić information content (AvgIpc) is 3.22. The third-order valence-corrected chi connectivity index (χ3v) is 4.05. The molecule has 0 aliphatic heterocycles. The predicted octanol–water partition coefficient (Wildman–Crippen LogP) is 8.66. The quantitative estimate of drug-likeness (QED) is 0.215. The van der Waals surface area contributed by atoms with E-state index in [0.717, 1.165) is 0 Å². The third-order valence-electron chi connectivity index (χ3n) is 4.05. The summed E-state index contributed by atoms with van der Waals surface area (Å²) in [6.45, 7) is 6.67. The summed E-state index contributed by atoms with van der Waals surface area (Å²) < 4.78 is 3.37. The van der Waals surface area contributed by atoms with Crippen LogP contribution in [-0.2, 0) is 24.3 Å². The number of halogens is 2. The number of rotatable bonds is 0. The fourth-order valence-electron chi connectivity index (χ4n) is 2.78. The van der Waals surface area contributed by atoms with E-state index in [0.29, 0.717) is 5.41 Å². The van der Waals surface area contributed by atoms with Crippen molar-refractivity contribution >= 4 is 42.8 Å². The van der Waals surface area contributed by atoms with Crippen LogP contribution in [0.2, 0.25) is 0 Å². The van der Waals surface area contributed by atoms with E-state index >= 15 is 0 Å². The fraction of sp³-hybridized carbons (Fsp3) is 0.160. The molecule has 0 aliphatic carbocycles. The van der Waals surface area contributed by atoms with Gasteiger partial charge in [0.25, 0.3) is 0 Å². The molecule has 0 radical (unpaired) electrons. The van der Waals surface area contributed by atoms with Gasteiger partial charge in [-0.3, -0.25) is 0 Å². The molecule has 4 aromatic carbocycles. The molecule has 28 heavy (non-hydrogen) atoms. The van der Waals surface area contributed by atoms with E-state index in [-0.39, 0.29) is 14.9 Å². The summed E-state index contributed by atoms with van der Waals surface area (Å²) >= 11 is -1.85. The van der Waals surface area contributed by atoms with E-state index in [2.05, 4.69) is 104 Å². The molecule has 0 saturated heterocycles. The van der Waals surface area contributed by atoms with Crippen LogP contribution in [0.15, 0.2) is 78.9 Å². The van der Waals surface area contributed by atoms with Crippen molar-refractivity contribution in [3.05, 3.63) is 99.3 Å². The summed E-state index contributed by atoms with van der Waals surface area (Å²) in [7, 11) is 10.3. The number of fused-ring (bicyclic) bond motifs is 3. The van der Waals surface area contributed by atoms with Crippen molar-refractivity contribution in [1.82, 2.24) is 0 Å². The van der Waals surface area contributed by atoms with E-state index in [1.807, 2.05) is 0 Å². The zero-order chi connectivity index (χ0) is 19.2. The van der Waals surface area contributed by atoms with Gasteiger partial charge in [0.2, 0.25) is 0 Å². The van der Waals surface area contributed by atoms with Crippen LogP contribution >= 0.6 is 17.0 Å². The standard InChI is InChI=1S/C13H9.C9H13.2CH3.CH2.2ClH.Zr/c1-3-7-12-10(5-1)9-11-6-2-4-8-13(11)12;1-9(2,3)8-6-4-5-7-8;;;;;;/h1-9H;4-7H,1-3H3;2*1H3;1H2;2*1H;/q4*-1;;;;+2/p-2. The second-order valence-corrected chi connectivity index (χ2v) is 15.3. The van der Waals surface area contributed by atoms with Gasteiger partial charge in [0.1, 0.15) is 0 Å². The molecular formula is C25H30Cl2Zr-4. The van der Waals surface area contributed by atoms with E-state index in [1.165, 1.54) is 27.1 Å². The first-order valence-corrected chi connectivity index (χ1v) is 16.6.